The van der Waals surface area contributed by atoms with Gasteiger partial charge in [0.1, 0.15) is 5.69 Å². The molecule has 0 spiro atoms. The Bertz CT molecular complexity index is 886. The zero-order valence-electron chi connectivity index (χ0n) is 17.5. The van der Waals surface area contributed by atoms with Crippen LogP contribution >= 0.6 is 0 Å². The SMILES string of the molecule is CC[C@@H](C)COC(=O)[C@@H](C#N)c1nc2ccccc2nc1N1CC[NH+](CC)CC1. The summed E-state index contributed by atoms with van der Waals surface area (Å²) in [5, 5.41) is 9.81. The predicted octanol–water partition coefficient (Wildman–Crippen LogP) is 1.55. The smallest absolute Gasteiger partial charge is 0.329 e. The molecular formula is C22H30N5O2+. The fraction of sp³-hybridized carbons (Fsp3) is 0.545. The van der Waals surface area contributed by atoms with Crippen molar-refractivity contribution >= 4 is 22.8 Å². The van der Waals surface area contributed by atoms with Crippen LogP contribution in [-0.2, 0) is 9.53 Å². The largest absolute Gasteiger partial charge is 0.464 e. The molecule has 7 nitrogen and oxygen atoms in total. The van der Waals surface area contributed by atoms with Gasteiger partial charge in [0.25, 0.3) is 0 Å². The van der Waals surface area contributed by atoms with E-state index in [9.17, 15) is 10.1 Å². The van der Waals surface area contributed by atoms with Crippen LogP contribution in [0.15, 0.2) is 24.3 Å². The van der Waals surface area contributed by atoms with Crippen LogP contribution in [0.2, 0.25) is 0 Å². The zero-order chi connectivity index (χ0) is 20.8. The number of nitrogens with zero attached hydrogens (tertiary/aromatic N) is 4. The lowest BCUT2D eigenvalue weighted by atomic mass is 10.1. The minimum absolute atomic E-state index is 0.255. The van der Waals surface area contributed by atoms with E-state index in [0.29, 0.717) is 23.6 Å². The summed E-state index contributed by atoms with van der Waals surface area (Å²) >= 11 is 0. The topological polar surface area (TPSA) is 83.5 Å². The van der Waals surface area contributed by atoms with E-state index in [4.69, 9.17) is 14.7 Å². The van der Waals surface area contributed by atoms with Crippen LogP contribution in [0.4, 0.5) is 5.82 Å². The number of nitriles is 1. The number of aromatic nitrogens is 2. The van der Waals surface area contributed by atoms with E-state index < -0.39 is 11.9 Å². The average molecular weight is 397 g/mol. The molecule has 1 aliphatic rings. The molecule has 0 amide bonds. The maximum atomic E-state index is 12.7. The van der Waals surface area contributed by atoms with Gasteiger partial charge in [-0.05, 0) is 25.0 Å². The first kappa shape index (κ1) is 21.0. The molecule has 1 aliphatic heterocycles. The predicted molar refractivity (Wildman–Crippen MR) is 112 cm³/mol. The number of hydrogen-bond acceptors (Lipinski definition) is 6. The maximum Gasteiger partial charge on any atom is 0.329 e. The van der Waals surface area contributed by atoms with Crippen LogP contribution in [0.3, 0.4) is 0 Å². The molecule has 1 aromatic carbocycles. The van der Waals surface area contributed by atoms with Crippen molar-refractivity contribution in [1.82, 2.24) is 9.97 Å². The van der Waals surface area contributed by atoms with Crippen molar-refractivity contribution in [3.63, 3.8) is 0 Å². The second-order valence-electron chi connectivity index (χ2n) is 7.72. The number of fused-ring (bicyclic) bond motifs is 1. The van der Waals surface area contributed by atoms with Gasteiger partial charge in [0.15, 0.2) is 11.7 Å². The lowest BCUT2D eigenvalue weighted by molar-refractivity contribution is -0.898. The van der Waals surface area contributed by atoms with Gasteiger partial charge in [-0.1, -0.05) is 32.4 Å². The first-order chi connectivity index (χ1) is 14.1. The van der Waals surface area contributed by atoms with Crippen molar-refractivity contribution in [3.05, 3.63) is 30.0 Å². The van der Waals surface area contributed by atoms with Crippen LogP contribution in [-0.4, -0.2) is 55.3 Å². The number of benzene rings is 1. The quantitative estimate of drug-likeness (QED) is 0.715. The third kappa shape index (κ3) is 4.83. The van der Waals surface area contributed by atoms with Gasteiger partial charge >= 0.3 is 5.97 Å². The number of rotatable bonds is 7. The Hall–Kier alpha value is -2.72. The molecule has 1 saturated heterocycles. The third-order valence-electron chi connectivity index (χ3n) is 5.69. The van der Waals surface area contributed by atoms with E-state index in [1.807, 2.05) is 38.1 Å². The number of nitrogens with one attached hydrogen (secondary N) is 1. The van der Waals surface area contributed by atoms with E-state index in [0.717, 1.165) is 44.7 Å². The molecule has 7 heteroatoms. The molecule has 29 heavy (non-hydrogen) atoms. The minimum Gasteiger partial charge on any atom is -0.464 e. The molecule has 1 aromatic heterocycles. The van der Waals surface area contributed by atoms with Crippen LogP contribution < -0.4 is 9.80 Å². The van der Waals surface area contributed by atoms with Crippen molar-refractivity contribution in [1.29, 1.82) is 5.26 Å². The van der Waals surface area contributed by atoms with Gasteiger partial charge < -0.3 is 14.5 Å². The Kier molecular flexibility index (Phi) is 6.99. The Labute approximate surface area is 172 Å². The molecule has 2 atom stereocenters. The molecular weight excluding hydrogens is 366 g/mol. The first-order valence-electron chi connectivity index (χ1n) is 10.5. The number of anilines is 1. The number of quaternary nitrogens is 1. The van der Waals surface area contributed by atoms with Gasteiger partial charge in [-0.25, -0.2) is 9.97 Å². The Morgan fingerprint density at radius 1 is 1.24 bits per heavy atom. The normalized spacial score (nSPS) is 17.0. The molecule has 0 saturated carbocycles. The van der Waals surface area contributed by atoms with Crippen molar-refractivity contribution in [2.24, 2.45) is 5.92 Å². The molecule has 1 N–H and O–H groups in total. The van der Waals surface area contributed by atoms with Gasteiger partial charge in [-0.15, -0.1) is 0 Å². The molecule has 1 fully saturated rings. The number of ether oxygens (including phenoxy) is 1. The summed E-state index contributed by atoms with van der Waals surface area (Å²) < 4.78 is 5.44. The summed E-state index contributed by atoms with van der Waals surface area (Å²) in [6, 6.07) is 9.68. The van der Waals surface area contributed by atoms with E-state index >= 15 is 0 Å². The number of esters is 1. The number of hydrogen-bond donors (Lipinski definition) is 1. The highest BCUT2D eigenvalue weighted by Gasteiger charge is 2.32. The number of para-hydroxylation sites is 2. The van der Waals surface area contributed by atoms with Crippen molar-refractivity contribution < 1.29 is 14.4 Å². The summed E-state index contributed by atoms with van der Waals surface area (Å²) in [5.41, 5.74) is 1.85. The van der Waals surface area contributed by atoms with Gasteiger partial charge in [-0.3, -0.25) is 4.79 Å². The lowest BCUT2D eigenvalue weighted by Crippen LogP contribution is -3.14. The van der Waals surface area contributed by atoms with Crippen LogP contribution in [0.1, 0.15) is 38.8 Å². The van der Waals surface area contributed by atoms with E-state index in [1.165, 1.54) is 0 Å². The fourth-order valence-corrected chi connectivity index (χ4v) is 3.47. The zero-order valence-corrected chi connectivity index (χ0v) is 17.5. The number of carbonyl (C=O) groups is 1. The highest BCUT2D eigenvalue weighted by atomic mass is 16.5. The standard InChI is InChI=1S/C22H29N5O2/c1-4-16(3)15-29-22(28)17(14-23)20-21(27-12-10-26(5-2)11-13-27)25-19-9-7-6-8-18(19)24-20/h6-9,16-17H,4-5,10-13,15H2,1-3H3/p+1/t16-,17+/m1/s1. The molecule has 0 aliphatic carbocycles. The van der Waals surface area contributed by atoms with E-state index in [-0.39, 0.29) is 5.92 Å². The summed E-state index contributed by atoms with van der Waals surface area (Å²) in [6.45, 7) is 11.3. The van der Waals surface area contributed by atoms with Crippen LogP contribution in [0.25, 0.3) is 11.0 Å². The third-order valence-corrected chi connectivity index (χ3v) is 5.69. The fourth-order valence-electron chi connectivity index (χ4n) is 3.47. The second kappa shape index (κ2) is 9.66. The number of likely N-dealkylation sites (N-methyl/N-ethyl adjacent to an activating group) is 1. The summed E-state index contributed by atoms with van der Waals surface area (Å²) in [6.07, 6.45) is 0.912. The van der Waals surface area contributed by atoms with E-state index in [1.54, 1.807) is 4.90 Å². The Morgan fingerprint density at radius 2 is 1.90 bits per heavy atom. The van der Waals surface area contributed by atoms with Gasteiger partial charge in [0.2, 0.25) is 0 Å². The summed E-state index contributed by atoms with van der Waals surface area (Å²) in [4.78, 5) is 25.9. The van der Waals surface area contributed by atoms with Crippen LogP contribution in [0.5, 0.6) is 0 Å². The van der Waals surface area contributed by atoms with Crippen molar-refractivity contribution in [2.45, 2.75) is 33.1 Å². The Balaban J connectivity index is 1.95. The average Bonchev–Trinajstić information content (AvgIpc) is 2.77. The van der Waals surface area contributed by atoms with Crippen molar-refractivity contribution in [3.8, 4) is 6.07 Å². The van der Waals surface area contributed by atoms with Gasteiger partial charge in [0.05, 0.1) is 56.4 Å². The minimum atomic E-state index is -1.08. The molecule has 0 radical (unpaired) electrons. The molecule has 0 unspecified atom stereocenters. The van der Waals surface area contributed by atoms with Gasteiger partial charge in [0, 0.05) is 0 Å². The maximum absolute atomic E-state index is 12.7. The number of carbonyl (C=O) groups excluding carboxylic acids is 1. The van der Waals surface area contributed by atoms with E-state index in [2.05, 4.69) is 17.9 Å². The molecule has 154 valence electrons. The Morgan fingerprint density at radius 3 is 2.48 bits per heavy atom. The molecule has 3 rings (SSSR count). The summed E-state index contributed by atoms with van der Waals surface area (Å²) in [5.74, 6) is -0.740. The molecule has 2 aromatic rings. The highest BCUT2D eigenvalue weighted by molar-refractivity contribution is 5.85. The highest BCUT2D eigenvalue weighted by Crippen LogP contribution is 2.28. The van der Waals surface area contributed by atoms with Crippen molar-refractivity contribution in [2.75, 3.05) is 44.2 Å². The first-order valence-corrected chi connectivity index (χ1v) is 10.5. The molecule has 2 heterocycles. The monoisotopic (exact) mass is 396 g/mol. The second-order valence-corrected chi connectivity index (χ2v) is 7.72. The summed E-state index contributed by atoms with van der Waals surface area (Å²) in [7, 11) is 0. The molecule has 0 bridgehead atoms. The lowest BCUT2D eigenvalue weighted by Gasteiger charge is -2.33. The van der Waals surface area contributed by atoms with Crippen LogP contribution in [0, 0.1) is 17.2 Å². The number of piperazine rings is 1. The van der Waals surface area contributed by atoms with Gasteiger partial charge in [-0.2, -0.15) is 5.26 Å².